The standard InChI is InChI=1S/C19H17Cl2NO3/c1-11-5-3-8-16(12(11)2)25-19(24)13-9-17(23)22(10-13)15-7-4-6-14(20)18(15)21/h3-8,13H,9-10H2,1-2H3/t13-/m0/s1. The van der Waals surface area contributed by atoms with E-state index in [2.05, 4.69) is 0 Å². The minimum Gasteiger partial charge on any atom is -0.426 e. The Morgan fingerprint density at radius 2 is 1.88 bits per heavy atom. The van der Waals surface area contributed by atoms with Gasteiger partial charge in [-0.05, 0) is 43.2 Å². The molecule has 6 heteroatoms. The molecule has 0 bridgehead atoms. The van der Waals surface area contributed by atoms with Crippen molar-refractivity contribution in [1.82, 2.24) is 0 Å². The van der Waals surface area contributed by atoms with Crippen LogP contribution in [0, 0.1) is 19.8 Å². The summed E-state index contributed by atoms with van der Waals surface area (Å²) in [4.78, 5) is 26.3. The Labute approximate surface area is 156 Å². The van der Waals surface area contributed by atoms with Crippen molar-refractivity contribution < 1.29 is 14.3 Å². The smallest absolute Gasteiger partial charge is 0.316 e. The van der Waals surface area contributed by atoms with Gasteiger partial charge in [-0.1, -0.05) is 41.4 Å². The Morgan fingerprint density at radius 1 is 1.16 bits per heavy atom. The fourth-order valence-electron chi connectivity index (χ4n) is 2.83. The lowest BCUT2D eigenvalue weighted by Crippen LogP contribution is -2.27. The van der Waals surface area contributed by atoms with E-state index in [1.807, 2.05) is 26.0 Å². The van der Waals surface area contributed by atoms with E-state index in [1.54, 1.807) is 24.3 Å². The third kappa shape index (κ3) is 3.51. The van der Waals surface area contributed by atoms with Crippen molar-refractivity contribution >= 4 is 40.8 Å². The molecule has 0 saturated carbocycles. The van der Waals surface area contributed by atoms with Gasteiger partial charge in [-0.2, -0.15) is 0 Å². The molecule has 130 valence electrons. The van der Waals surface area contributed by atoms with Gasteiger partial charge >= 0.3 is 5.97 Å². The zero-order chi connectivity index (χ0) is 18.1. The van der Waals surface area contributed by atoms with Crippen LogP contribution in [0.25, 0.3) is 0 Å². The number of nitrogens with zero attached hydrogens (tertiary/aromatic N) is 1. The molecule has 0 N–H and O–H groups in total. The molecule has 1 atom stereocenters. The number of esters is 1. The van der Waals surface area contributed by atoms with E-state index in [4.69, 9.17) is 27.9 Å². The number of halogens is 2. The summed E-state index contributed by atoms with van der Waals surface area (Å²) in [7, 11) is 0. The van der Waals surface area contributed by atoms with Crippen LogP contribution >= 0.6 is 23.2 Å². The van der Waals surface area contributed by atoms with Gasteiger partial charge in [0.1, 0.15) is 5.75 Å². The summed E-state index contributed by atoms with van der Waals surface area (Å²) < 4.78 is 5.52. The van der Waals surface area contributed by atoms with Crippen molar-refractivity contribution in [1.29, 1.82) is 0 Å². The summed E-state index contributed by atoms with van der Waals surface area (Å²) in [5.74, 6) is -0.603. The van der Waals surface area contributed by atoms with Crippen molar-refractivity contribution in [3.05, 3.63) is 57.6 Å². The van der Waals surface area contributed by atoms with E-state index in [1.165, 1.54) is 4.90 Å². The lowest BCUT2D eigenvalue weighted by molar-refractivity contribution is -0.139. The molecule has 1 amide bonds. The maximum Gasteiger partial charge on any atom is 0.316 e. The number of amides is 1. The van der Waals surface area contributed by atoms with Gasteiger partial charge in [-0.15, -0.1) is 0 Å². The first kappa shape index (κ1) is 17.8. The van der Waals surface area contributed by atoms with Crippen LogP contribution in [0.1, 0.15) is 17.5 Å². The number of ether oxygens (including phenoxy) is 1. The van der Waals surface area contributed by atoms with Crippen LogP contribution in [0.3, 0.4) is 0 Å². The molecule has 0 spiro atoms. The Kier molecular flexibility index (Phi) is 5.02. The molecule has 0 radical (unpaired) electrons. The van der Waals surface area contributed by atoms with Crippen LogP contribution in [0.4, 0.5) is 5.69 Å². The summed E-state index contributed by atoms with van der Waals surface area (Å²) in [5, 5.41) is 0.675. The third-order valence-electron chi connectivity index (χ3n) is 4.45. The highest BCUT2D eigenvalue weighted by atomic mass is 35.5. The molecule has 3 rings (SSSR count). The van der Waals surface area contributed by atoms with Crippen LogP contribution in [-0.2, 0) is 9.59 Å². The molecular weight excluding hydrogens is 361 g/mol. The first-order valence-corrected chi connectivity index (χ1v) is 8.66. The third-order valence-corrected chi connectivity index (χ3v) is 5.25. The van der Waals surface area contributed by atoms with E-state index in [9.17, 15) is 9.59 Å². The summed E-state index contributed by atoms with van der Waals surface area (Å²) in [6.07, 6.45) is 0.0898. The Balaban J connectivity index is 1.77. The van der Waals surface area contributed by atoms with Crippen LogP contribution in [-0.4, -0.2) is 18.4 Å². The Bertz CT molecular complexity index is 851. The molecule has 1 heterocycles. The number of aryl methyl sites for hydroxylation is 1. The van der Waals surface area contributed by atoms with Gasteiger partial charge in [-0.25, -0.2) is 0 Å². The zero-order valence-electron chi connectivity index (χ0n) is 13.9. The number of anilines is 1. The SMILES string of the molecule is Cc1cccc(OC(=O)[C@H]2CC(=O)N(c3cccc(Cl)c3Cl)C2)c1C. The van der Waals surface area contributed by atoms with E-state index in [0.29, 0.717) is 21.5 Å². The van der Waals surface area contributed by atoms with Gasteiger partial charge in [-0.3, -0.25) is 9.59 Å². The quantitative estimate of drug-likeness (QED) is 0.581. The number of carbonyl (C=O) groups is 2. The predicted molar refractivity (Wildman–Crippen MR) is 98.5 cm³/mol. The molecular formula is C19H17Cl2NO3. The first-order chi connectivity index (χ1) is 11.9. The van der Waals surface area contributed by atoms with E-state index in [0.717, 1.165) is 11.1 Å². The van der Waals surface area contributed by atoms with Crippen LogP contribution in [0.5, 0.6) is 5.75 Å². The second-order valence-corrected chi connectivity index (χ2v) is 6.88. The number of rotatable bonds is 3. The lowest BCUT2D eigenvalue weighted by Gasteiger charge is -2.18. The second-order valence-electron chi connectivity index (χ2n) is 6.10. The van der Waals surface area contributed by atoms with Crippen molar-refractivity contribution in [3.8, 4) is 5.75 Å². The minimum absolute atomic E-state index is 0.0898. The van der Waals surface area contributed by atoms with Gasteiger partial charge in [0, 0.05) is 13.0 Å². The fraction of sp³-hybridized carbons (Fsp3) is 0.263. The number of benzene rings is 2. The van der Waals surface area contributed by atoms with Gasteiger partial charge in [0.15, 0.2) is 0 Å². The highest BCUT2D eigenvalue weighted by Crippen LogP contribution is 2.36. The molecule has 1 saturated heterocycles. The molecule has 2 aromatic rings. The molecule has 2 aromatic carbocycles. The highest BCUT2D eigenvalue weighted by Gasteiger charge is 2.37. The summed E-state index contributed by atoms with van der Waals surface area (Å²) in [6.45, 7) is 4.08. The van der Waals surface area contributed by atoms with Gasteiger partial charge in [0.05, 0.1) is 21.7 Å². The zero-order valence-corrected chi connectivity index (χ0v) is 15.4. The van der Waals surface area contributed by atoms with E-state index in [-0.39, 0.29) is 18.9 Å². The Morgan fingerprint density at radius 3 is 2.64 bits per heavy atom. The highest BCUT2D eigenvalue weighted by molar-refractivity contribution is 6.44. The topological polar surface area (TPSA) is 46.6 Å². The second kappa shape index (κ2) is 7.06. The number of hydrogen-bond acceptors (Lipinski definition) is 3. The largest absolute Gasteiger partial charge is 0.426 e. The van der Waals surface area contributed by atoms with E-state index < -0.39 is 11.9 Å². The van der Waals surface area contributed by atoms with Crippen LogP contribution < -0.4 is 9.64 Å². The van der Waals surface area contributed by atoms with Gasteiger partial charge in [0.25, 0.3) is 0 Å². The molecule has 25 heavy (non-hydrogen) atoms. The van der Waals surface area contributed by atoms with E-state index >= 15 is 0 Å². The van der Waals surface area contributed by atoms with Crippen LogP contribution in [0.15, 0.2) is 36.4 Å². The van der Waals surface area contributed by atoms with Crippen LogP contribution in [0.2, 0.25) is 10.0 Å². The monoisotopic (exact) mass is 377 g/mol. The molecule has 4 nitrogen and oxygen atoms in total. The molecule has 0 aromatic heterocycles. The van der Waals surface area contributed by atoms with Gasteiger partial charge < -0.3 is 9.64 Å². The molecule has 1 aliphatic rings. The van der Waals surface area contributed by atoms with Crippen molar-refractivity contribution in [2.24, 2.45) is 5.92 Å². The average molecular weight is 378 g/mol. The maximum absolute atomic E-state index is 12.5. The number of hydrogen-bond donors (Lipinski definition) is 0. The normalized spacial score (nSPS) is 17.0. The average Bonchev–Trinajstić information content (AvgIpc) is 2.96. The summed E-state index contributed by atoms with van der Waals surface area (Å²) in [5.41, 5.74) is 2.47. The summed E-state index contributed by atoms with van der Waals surface area (Å²) in [6, 6.07) is 10.6. The minimum atomic E-state index is -0.539. The first-order valence-electron chi connectivity index (χ1n) is 7.90. The summed E-state index contributed by atoms with van der Waals surface area (Å²) >= 11 is 12.2. The van der Waals surface area contributed by atoms with Crippen molar-refractivity contribution in [2.45, 2.75) is 20.3 Å². The molecule has 0 unspecified atom stereocenters. The molecule has 1 fully saturated rings. The van der Waals surface area contributed by atoms with Crippen molar-refractivity contribution in [2.75, 3.05) is 11.4 Å². The number of carbonyl (C=O) groups excluding carboxylic acids is 2. The Hall–Kier alpha value is -2.04. The lowest BCUT2D eigenvalue weighted by atomic mass is 10.1. The molecule has 1 aliphatic heterocycles. The van der Waals surface area contributed by atoms with Crippen molar-refractivity contribution in [3.63, 3.8) is 0 Å². The fourth-order valence-corrected chi connectivity index (χ4v) is 3.22. The maximum atomic E-state index is 12.5. The predicted octanol–water partition coefficient (Wildman–Crippen LogP) is 4.57. The molecule has 0 aliphatic carbocycles. The van der Waals surface area contributed by atoms with Gasteiger partial charge in [0.2, 0.25) is 5.91 Å².